The van der Waals surface area contributed by atoms with Gasteiger partial charge in [0.05, 0.1) is 17.2 Å². The lowest BCUT2D eigenvalue weighted by atomic mass is 10.1. The molecule has 7 nitrogen and oxygen atoms in total. The zero-order chi connectivity index (χ0) is 20.7. The molecule has 0 aliphatic carbocycles. The normalized spacial score (nSPS) is 11.7. The predicted molar refractivity (Wildman–Crippen MR) is 118 cm³/mol. The summed E-state index contributed by atoms with van der Waals surface area (Å²) in [5.74, 6) is 0.0414. The summed E-state index contributed by atoms with van der Waals surface area (Å²) in [6.45, 7) is 9.60. The van der Waals surface area contributed by atoms with Crippen LogP contribution in [0.1, 0.15) is 45.7 Å². The molecular formula is C19H29FIN5O2. The molecule has 0 spiro atoms. The van der Waals surface area contributed by atoms with E-state index in [4.69, 9.17) is 10.00 Å². The van der Waals surface area contributed by atoms with Gasteiger partial charge in [0.1, 0.15) is 11.4 Å². The maximum absolute atomic E-state index is 13.8. The summed E-state index contributed by atoms with van der Waals surface area (Å²) < 4.78 is 19.1. The molecule has 1 rings (SSSR count). The number of hydrogen-bond acceptors (Lipinski definition) is 4. The highest BCUT2D eigenvalue weighted by atomic mass is 127. The van der Waals surface area contributed by atoms with Crippen molar-refractivity contribution in [3.63, 3.8) is 0 Å². The van der Waals surface area contributed by atoms with Crippen LogP contribution in [-0.4, -0.2) is 36.8 Å². The smallest absolute Gasteiger partial charge is 0.408 e. The van der Waals surface area contributed by atoms with Crippen molar-refractivity contribution in [2.45, 2.75) is 52.3 Å². The highest BCUT2D eigenvalue weighted by Gasteiger charge is 2.24. The first-order valence-electron chi connectivity index (χ1n) is 8.60. The fourth-order valence-electron chi connectivity index (χ4n) is 2.11. The van der Waals surface area contributed by atoms with Crippen molar-refractivity contribution in [1.82, 2.24) is 16.0 Å². The third-order valence-electron chi connectivity index (χ3n) is 3.38. The van der Waals surface area contributed by atoms with Gasteiger partial charge in [-0.1, -0.05) is 0 Å². The van der Waals surface area contributed by atoms with Crippen LogP contribution in [0.15, 0.2) is 23.2 Å². The predicted octanol–water partition coefficient (Wildman–Crippen LogP) is 3.28. The zero-order valence-corrected chi connectivity index (χ0v) is 19.5. The second-order valence-electron chi connectivity index (χ2n) is 7.71. The number of ether oxygens (including phenoxy) is 1. The quantitative estimate of drug-likeness (QED) is 0.324. The highest BCUT2D eigenvalue weighted by Crippen LogP contribution is 2.10. The van der Waals surface area contributed by atoms with Gasteiger partial charge in [-0.05, 0) is 52.8 Å². The molecule has 0 fully saturated rings. The van der Waals surface area contributed by atoms with E-state index in [0.29, 0.717) is 23.6 Å². The van der Waals surface area contributed by atoms with Crippen LogP contribution < -0.4 is 16.0 Å². The number of nitrogens with zero attached hydrogens (tertiary/aromatic N) is 2. The first-order chi connectivity index (χ1) is 12.5. The Balaban J connectivity index is 0.00000729. The summed E-state index contributed by atoms with van der Waals surface area (Å²) in [5.41, 5.74) is -0.430. The Hall–Kier alpha value is -2.09. The van der Waals surface area contributed by atoms with E-state index in [1.165, 1.54) is 18.2 Å². The van der Waals surface area contributed by atoms with Crippen molar-refractivity contribution in [2.75, 3.05) is 13.6 Å². The van der Waals surface area contributed by atoms with Crippen LogP contribution in [0.3, 0.4) is 0 Å². The van der Waals surface area contributed by atoms with Crippen LogP contribution in [0.2, 0.25) is 0 Å². The molecule has 1 aromatic carbocycles. The number of alkyl carbamates (subject to hydrolysis) is 1. The average molecular weight is 505 g/mol. The molecule has 0 bridgehead atoms. The van der Waals surface area contributed by atoms with Gasteiger partial charge in [-0.3, -0.25) is 4.99 Å². The van der Waals surface area contributed by atoms with Crippen molar-refractivity contribution in [2.24, 2.45) is 4.99 Å². The Morgan fingerprint density at radius 1 is 1.25 bits per heavy atom. The Labute approximate surface area is 183 Å². The maximum atomic E-state index is 13.8. The molecule has 0 radical (unpaired) electrons. The second-order valence-corrected chi connectivity index (χ2v) is 7.71. The Morgan fingerprint density at radius 3 is 2.43 bits per heavy atom. The van der Waals surface area contributed by atoms with Gasteiger partial charge in [0.15, 0.2) is 5.96 Å². The van der Waals surface area contributed by atoms with E-state index >= 15 is 0 Å². The third-order valence-corrected chi connectivity index (χ3v) is 3.38. The summed E-state index contributed by atoms with van der Waals surface area (Å²) in [6, 6.07) is 6.16. The summed E-state index contributed by atoms with van der Waals surface area (Å²) in [5, 5.41) is 17.8. The molecule has 0 aliphatic heterocycles. The van der Waals surface area contributed by atoms with E-state index in [-0.39, 0.29) is 30.5 Å². The molecule has 1 amide bonds. The van der Waals surface area contributed by atoms with Crippen molar-refractivity contribution < 1.29 is 13.9 Å². The van der Waals surface area contributed by atoms with Gasteiger partial charge in [-0.25, -0.2) is 9.18 Å². The lowest BCUT2D eigenvalue weighted by Gasteiger charge is -2.29. The largest absolute Gasteiger partial charge is 0.444 e. The van der Waals surface area contributed by atoms with Gasteiger partial charge < -0.3 is 20.7 Å². The minimum atomic E-state index is -0.605. The molecule has 28 heavy (non-hydrogen) atoms. The second kappa shape index (κ2) is 11.0. The molecule has 0 heterocycles. The molecule has 0 saturated heterocycles. The van der Waals surface area contributed by atoms with E-state index in [1.807, 2.05) is 19.9 Å². The number of benzene rings is 1. The fraction of sp³-hybridized carbons (Fsp3) is 0.526. The van der Waals surface area contributed by atoms with E-state index in [0.717, 1.165) is 0 Å². The van der Waals surface area contributed by atoms with Gasteiger partial charge >= 0.3 is 6.09 Å². The monoisotopic (exact) mass is 505 g/mol. The van der Waals surface area contributed by atoms with E-state index in [1.54, 1.807) is 27.8 Å². The lowest BCUT2D eigenvalue weighted by molar-refractivity contribution is 0.0474. The third kappa shape index (κ3) is 9.73. The topological polar surface area (TPSA) is 98.5 Å². The van der Waals surface area contributed by atoms with Crippen molar-refractivity contribution in [3.05, 3.63) is 35.1 Å². The molecule has 1 aromatic rings. The summed E-state index contributed by atoms with van der Waals surface area (Å²) in [6.07, 6.45) is -0.507. The number of hydrogen-bond donors (Lipinski definition) is 3. The molecule has 0 saturated carbocycles. The average Bonchev–Trinajstić information content (AvgIpc) is 2.54. The van der Waals surface area contributed by atoms with Gasteiger partial charge in [-0.2, -0.15) is 5.26 Å². The number of nitrogens with one attached hydrogen (secondary N) is 3. The van der Waals surface area contributed by atoms with Crippen LogP contribution in [0.5, 0.6) is 0 Å². The lowest BCUT2D eigenvalue weighted by Crippen LogP contribution is -2.54. The van der Waals surface area contributed by atoms with Crippen molar-refractivity contribution in [1.29, 1.82) is 5.26 Å². The highest BCUT2D eigenvalue weighted by molar-refractivity contribution is 14.0. The van der Waals surface area contributed by atoms with Crippen LogP contribution in [0.25, 0.3) is 0 Å². The number of guanidine groups is 1. The standard InChI is InChI=1S/C19H28FN5O2.HI/c1-18(2,3)27-17(26)25-19(4,5)12-24-16(22-6)23-11-14-9-13(10-21)7-8-15(14)20;/h7-9H,11-12H2,1-6H3,(H,25,26)(H2,22,23,24);1H. The Morgan fingerprint density at radius 2 is 1.89 bits per heavy atom. The van der Waals surface area contributed by atoms with Gasteiger partial charge in [0.2, 0.25) is 0 Å². The first-order valence-corrected chi connectivity index (χ1v) is 8.60. The Bertz CT molecular complexity index is 739. The number of nitriles is 1. The van der Waals surface area contributed by atoms with Crippen molar-refractivity contribution in [3.8, 4) is 6.07 Å². The SMILES string of the molecule is CN=C(NCc1cc(C#N)ccc1F)NCC(C)(C)NC(=O)OC(C)(C)C.I. The van der Waals surface area contributed by atoms with Crippen molar-refractivity contribution >= 4 is 36.0 Å². The first kappa shape index (κ1) is 25.9. The number of carbonyl (C=O) groups excluding carboxylic acids is 1. The molecule has 9 heteroatoms. The Kier molecular flexibility index (Phi) is 10.2. The minimum Gasteiger partial charge on any atom is -0.444 e. The molecule has 0 unspecified atom stereocenters. The molecule has 0 aliphatic rings. The molecule has 0 atom stereocenters. The van der Waals surface area contributed by atoms with Gasteiger partial charge in [0.25, 0.3) is 0 Å². The van der Waals surface area contributed by atoms with Crippen LogP contribution in [-0.2, 0) is 11.3 Å². The minimum absolute atomic E-state index is 0. The van der Waals surface area contributed by atoms with Gasteiger partial charge in [0, 0.05) is 25.7 Å². The molecule has 3 N–H and O–H groups in total. The van der Waals surface area contributed by atoms with E-state index < -0.39 is 23.1 Å². The van der Waals surface area contributed by atoms with Crippen LogP contribution >= 0.6 is 24.0 Å². The number of aliphatic imine (C=N–C) groups is 1. The fourth-order valence-corrected chi connectivity index (χ4v) is 2.11. The summed E-state index contributed by atoms with van der Waals surface area (Å²) in [7, 11) is 1.59. The molecule has 156 valence electrons. The summed E-state index contributed by atoms with van der Waals surface area (Å²) >= 11 is 0. The number of amides is 1. The number of carbonyl (C=O) groups is 1. The maximum Gasteiger partial charge on any atom is 0.408 e. The van der Waals surface area contributed by atoms with Crippen LogP contribution in [0, 0.1) is 17.1 Å². The van der Waals surface area contributed by atoms with Gasteiger partial charge in [-0.15, -0.1) is 24.0 Å². The number of rotatable bonds is 5. The van der Waals surface area contributed by atoms with E-state index in [2.05, 4.69) is 20.9 Å². The van der Waals surface area contributed by atoms with Crippen LogP contribution in [0.4, 0.5) is 9.18 Å². The molecule has 0 aromatic heterocycles. The zero-order valence-electron chi connectivity index (χ0n) is 17.1. The number of halogens is 2. The van der Waals surface area contributed by atoms with E-state index in [9.17, 15) is 9.18 Å². The molecular weight excluding hydrogens is 476 g/mol. The summed E-state index contributed by atoms with van der Waals surface area (Å²) in [4.78, 5) is 16.0.